The second kappa shape index (κ2) is 5.96. The van der Waals surface area contributed by atoms with Crippen molar-refractivity contribution in [3.05, 3.63) is 17.9 Å². The Morgan fingerprint density at radius 2 is 2.05 bits per heavy atom. The van der Waals surface area contributed by atoms with Crippen LogP contribution in [0.15, 0.2) is 21.7 Å². The van der Waals surface area contributed by atoms with E-state index in [1.54, 1.807) is 13.0 Å². The molecule has 21 heavy (non-hydrogen) atoms. The van der Waals surface area contributed by atoms with E-state index in [9.17, 15) is 14.4 Å². The first kappa shape index (κ1) is 15.0. The van der Waals surface area contributed by atoms with Crippen molar-refractivity contribution in [3.8, 4) is 5.95 Å². The van der Waals surface area contributed by atoms with Crippen molar-refractivity contribution in [3.63, 3.8) is 0 Å². The number of ether oxygens (including phenoxy) is 1. The number of halogens is 1. The van der Waals surface area contributed by atoms with Crippen molar-refractivity contribution in [2.75, 3.05) is 13.1 Å². The molecular weight excluding hydrogens is 302 g/mol. The second-order valence-corrected chi connectivity index (χ2v) is 4.53. The molecule has 1 aliphatic rings. The molecule has 0 unspecified atom stereocenters. The number of amides is 3. The van der Waals surface area contributed by atoms with Gasteiger partial charge in [0.1, 0.15) is 5.71 Å². The Bertz CT molecular complexity index is 624. The van der Waals surface area contributed by atoms with Crippen LogP contribution in [0.4, 0.5) is 9.59 Å². The summed E-state index contributed by atoms with van der Waals surface area (Å²) in [5.41, 5.74) is 0.394. The van der Waals surface area contributed by atoms with Gasteiger partial charge in [-0.1, -0.05) is 0 Å². The van der Waals surface area contributed by atoms with Crippen LogP contribution < -0.4 is 4.74 Å². The molecule has 1 aromatic rings. The van der Waals surface area contributed by atoms with E-state index in [0.717, 1.165) is 9.91 Å². The van der Waals surface area contributed by atoms with E-state index in [1.165, 1.54) is 13.0 Å². The highest BCUT2D eigenvalue weighted by atomic mass is 35.5. The summed E-state index contributed by atoms with van der Waals surface area (Å²) in [5, 5.41) is 4.34. The molecule has 0 atom stereocenters. The van der Waals surface area contributed by atoms with E-state index >= 15 is 0 Å². The fourth-order valence-corrected chi connectivity index (χ4v) is 1.88. The molecule has 0 saturated carbocycles. The number of urea groups is 1. The number of hydrogen-bond donors (Lipinski definition) is 0. The maximum atomic E-state index is 11.8. The zero-order valence-electron chi connectivity index (χ0n) is 11.3. The first-order valence-electron chi connectivity index (χ1n) is 6.01. The quantitative estimate of drug-likeness (QED) is 0.368. The largest absolute Gasteiger partial charge is 0.424 e. The standard InChI is InChI=1S/C12H12ClN3O5/c1-7(9-3-4-10(21-9)20-8(2)17)14-16-6-5-15(11(13)18)12(16)19/h3-4H,5-6H2,1-2H3. The molecule has 3 amide bonds. The van der Waals surface area contributed by atoms with Crippen LogP contribution >= 0.6 is 11.6 Å². The third-order valence-electron chi connectivity index (χ3n) is 2.65. The highest BCUT2D eigenvalue weighted by Crippen LogP contribution is 2.18. The van der Waals surface area contributed by atoms with E-state index < -0.39 is 17.4 Å². The molecule has 1 saturated heterocycles. The maximum Gasteiger partial charge on any atom is 0.348 e. The number of nitrogens with zero attached hydrogens (tertiary/aromatic N) is 3. The maximum absolute atomic E-state index is 11.8. The number of carbonyl (C=O) groups is 3. The minimum atomic E-state index is -0.842. The monoisotopic (exact) mass is 313 g/mol. The minimum absolute atomic E-state index is 0.0392. The Morgan fingerprint density at radius 1 is 1.33 bits per heavy atom. The zero-order chi connectivity index (χ0) is 15.6. The molecule has 2 heterocycles. The fraction of sp³-hybridized carbons (Fsp3) is 0.333. The summed E-state index contributed by atoms with van der Waals surface area (Å²) in [7, 11) is 0. The number of esters is 1. The minimum Gasteiger partial charge on any atom is -0.424 e. The molecule has 2 rings (SSSR count). The number of hydrazone groups is 1. The highest BCUT2D eigenvalue weighted by molar-refractivity contribution is 6.64. The van der Waals surface area contributed by atoms with Crippen LogP contribution in [-0.4, -0.2) is 46.1 Å². The average Bonchev–Trinajstić information content (AvgIpc) is 2.97. The first-order valence-corrected chi connectivity index (χ1v) is 6.38. The Labute approximate surface area is 124 Å². The Balaban J connectivity index is 2.11. The third-order valence-corrected chi connectivity index (χ3v) is 2.86. The summed E-state index contributed by atoms with van der Waals surface area (Å²) < 4.78 is 10.0. The lowest BCUT2D eigenvalue weighted by molar-refractivity contribution is -0.133. The summed E-state index contributed by atoms with van der Waals surface area (Å²) in [5.74, 6) is -0.122. The molecule has 1 aliphatic heterocycles. The van der Waals surface area contributed by atoms with Crippen LogP contribution in [0.1, 0.15) is 19.6 Å². The van der Waals surface area contributed by atoms with Crippen LogP contribution in [0.25, 0.3) is 0 Å². The van der Waals surface area contributed by atoms with Gasteiger partial charge in [0.2, 0.25) is 0 Å². The summed E-state index contributed by atoms with van der Waals surface area (Å²) in [6.45, 7) is 3.29. The molecule has 112 valence electrons. The summed E-state index contributed by atoms with van der Waals surface area (Å²) in [6.07, 6.45) is 0. The normalized spacial score (nSPS) is 15.6. The molecule has 0 spiro atoms. The number of imide groups is 1. The van der Waals surface area contributed by atoms with Crippen LogP contribution in [-0.2, 0) is 4.79 Å². The van der Waals surface area contributed by atoms with Gasteiger partial charge in [-0.25, -0.2) is 14.7 Å². The summed E-state index contributed by atoms with van der Waals surface area (Å²) >= 11 is 5.27. The molecular formula is C12H12ClN3O5. The van der Waals surface area contributed by atoms with E-state index in [4.69, 9.17) is 20.8 Å². The topological polar surface area (TPSA) is 92.4 Å². The highest BCUT2D eigenvalue weighted by Gasteiger charge is 2.32. The van der Waals surface area contributed by atoms with Gasteiger partial charge in [-0.3, -0.25) is 9.59 Å². The Morgan fingerprint density at radius 3 is 2.62 bits per heavy atom. The van der Waals surface area contributed by atoms with Gasteiger partial charge in [0.05, 0.1) is 13.1 Å². The molecule has 0 N–H and O–H groups in total. The van der Waals surface area contributed by atoms with Crippen molar-refractivity contribution in [2.24, 2.45) is 5.10 Å². The summed E-state index contributed by atoms with van der Waals surface area (Å²) in [4.78, 5) is 34.5. The van der Waals surface area contributed by atoms with Gasteiger partial charge in [0.25, 0.3) is 5.95 Å². The third kappa shape index (κ3) is 3.40. The van der Waals surface area contributed by atoms with E-state index in [0.29, 0.717) is 11.5 Å². The van der Waals surface area contributed by atoms with Crippen molar-refractivity contribution in [1.29, 1.82) is 0 Å². The molecule has 1 aromatic heterocycles. The van der Waals surface area contributed by atoms with Crippen LogP contribution in [0.2, 0.25) is 0 Å². The van der Waals surface area contributed by atoms with E-state index in [1.807, 2.05) is 0 Å². The molecule has 1 fully saturated rings. The predicted octanol–water partition coefficient (Wildman–Crippen LogP) is 2.03. The Hall–Kier alpha value is -2.35. The molecule has 8 nitrogen and oxygen atoms in total. The lowest BCUT2D eigenvalue weighted by atomic mass is 10.3. The van der Waals surface area contributed by atoms with Crippen LogP contribution in [0.5, 0.6) is 5.95 Å². The predicted molar refractivity (Wildman–Crippen MR) is 72.3 cm³/mol. The zero-order valence-corrected chi connectivity index (χ0v) is 12.1. The van der Waals surface area contributed by atoms with Gasteiger partial charge in [-0.05, 0) is 24.6 Å². The molecule has 9 heteroatoms. The van der Waals surface area contributed by atoms with Crippen molar-refractivity contribution < 1.29 is 23.5 Å². The second-order valence-electron chi connectivity index (χ2n) is 4.21. The van der Waals surface area contributed by atoms with Gasteiger partial charge in [0.15, 0.2) is 5.76 Å². The fourth-order valence-electron chi connectivity index (χ4n) is 1.72. The number of carbonyl (C=O) groups excluding carboxylic acids is 3. The lowest BCUT2D eigenvalue weighted by Gasteiger charge is -2.11. The van der Waals surface area contributed by atoms with Gasteiger partial charge in [0, 0.05) is 13.0 Å². The molecule has 0 aliphatic carbocycles. The molecule has 0 aromatic carbocycles. The smallest absolute Gasteiger partial charge is 0.348 e. The van der Waals surface area contributed by atoms with Crippen molar-refractivity contribution in [2.45, 2.75) is 13.8 Å². The van der Waals surface area contributed by atoms with Crippen LogP contribution in [0, 0.1) is 0 Å². The Kier molecular flexibility index (Phi) is 4.27. The first-order chi connectivity index (χ1) is 9.88. The number of furan rings is 1. The summed E-state index contributed by atoms with van der Waals surface area (Å²) in [6, 6.07) is 2.43. The molecule has 0 radical (unpaired) electrons. The average molecular weight is 314 g/mol. The number of hydrogen-bond acceptors (Lipinski definition) is 6. The van der Waals surface area contributed by atoms with Crippen molar-refractivity contribution in [1.82, 2.24) is 9.91 Å². The van der Waals surface area contributed by atoms with Gasteiger partial charge in [-0.15, -0.1) is 0 Å². The van der Waals surface area contributed by atoms with Gasteiger partial charge < -0.3 is 9.15 Å². The molecule has 0 bridgehead atoms. The van der Waals surface area contributed by atoms with Crippen LogP contribution in [0.3, 0.4) is 0 Å². The number of rotatable bonds is 3. The van der Waals surface area contributed by atoms with Crippen molar-refractivity contribution >= 4 is 34.7 Å². The lowest BCUT2D eigenvalue weighted by Crippen LogP contribution is -2.31. The SMILES string of the molecule is CC(=O)Oc1ccc(C(C)=NN2CCN(C(=O)Cl)C2=O)o1. The van der Waals surface area contributed by atoms with Gasteiger partial charge >= 0.3 is 17.4 Å². The van der Waals surface area contributed by atoms with E-state index in [-0.39, 0.29) is 19.0 Å². The van der Waals surface area contributed by atoms with Gasteiger partial charge in [-0.2, -0.15) is 5.10 Å². The van der Waals surface area contributed by atoms with E-state index in [2.05, 4.69) is 5.10 Å².